The third-order valence-electron chi connectivity index (χ3n) is 4.53. The zero-order valence-electron chi connectivity index (χ0n) is 15.3. The smallest absolute Gasteiger partial charge is 0.374 e. The van der Waals surface area contributed by atoms with Crippen molar-refractivity contribution in [1.29, 1.82) is 0 Å². The van der Waals surface area contributed by atoms with Crippen molar-refractivity contribution >= 4 is 21.6 Å². The molecule has 1 aliphatic heterocycles. The number of rotatable bonds is 6. The molecule has 0 saturated carbocycles. The second-order valence-corrected chi connectivity index (χ2v) is 8.88. The molecule has 1 heterocycles. The van der Waals surface area contributed by atoms with E-state index in [4.69, 9.17) is 16.3 Å². The van der Waals surface area contributed by atoms with E-state index in [0.29, 0.717) is 32.3 Å². The summed E-state index contributed by atoms with van der Waals surface area (Å²) in [5.41, 5.74) is -0.0560. The summed E-state index contributed by atoms with van der Waals surface area (Å²) in [5, 5.41) is -0.552. The van der Waals surface area contributed by atoms with Gasteiger partial charge in [0.15, 0.2) is 0 Å². The quantitative estimate of drug-likeness (QED) is 0.734. The van der Waals surface area contributed by atoms with Gasteiger partial charge in [0.1, 0.15) is 0 Å². The van der Waals surface area contributed by atoms with Gasteiger partial charge in [0.2, 0.25) is 10.0 Å². The second kappa shape index (κ2) is 9.01. The molecule has 1 N–H and O–H groups in total. The Balaban J connectivity index is 1.63. The molecule has 1 saturated heterocycles. The number of ether oxygens (including phenoxy) is 1. The molecule has 0 aliphatic carbocycles. The van der Waals surface area contributed by atoms with Crippen LogP contribution >= 0.6 is 11.6 Å². The first-order valence-corrected chi connectivity index (χ1v) is 10.8. The lowest BCUT2D eigenvalue weighted by atomic mass is 10.2. The highest BCUT2D eigenvalue weighted by molar-refractivity contribution is 7.89. The van der Waals surface area contributed by atoms with Crippen LogP contribution in [0, 0.1) is 0 Å². The highest BCUT2D eigenvalue weighted by Gasteiger charge is 2.34. The average Bonchev–Trinajstić information content (AvgIpc) is 2.67. The first-order valence-electron chi connectivity index (χ1n) is 8.89. The van der Waals surface area contributed by atoms with E-state index < -0.39 is 37.8 Å². The summed E-state index contributed by atoms with van der Waals surface area (Å²) in [7, 11) is -4.14. The van der Waals surface area contributed by atoms with E-state index in [1.807, 2.05) is 30.3 Å². The number of sulfonamides is 1. The molecule has 0 amide bonds. The Hall–Kier alpha value is -1.65. The van der Waals surface area contributed by atoms with Gasteiger partial charge in [-0.1, -0.05) is 41.9 Å². The van der Waals surface area contributed by atoms with Crippen molar-refractivity contribution < 1.29 is 26.3 Å². The number of nitrogens with zero attached hydrogens (tertiary/aromatic N) is 1. The zero-order chi connectivity index (χ0) is 21.1. The summed E-state index contributed by atoms with van der Waals surface area (Å²) >= 11 is 5.55. The van der Waals surface area contributed by atoms with Gasteiger partial charge >= 0.3 is 6.18 Å². The SMILES string of the molecule is O=S(=O)(NCC1CN(Cc2ccccc2)CCO1)c1ccc(Cl)c(C(F)(F)F)c1. The second-order valence-electron chi connectivity index (χ2n) is 6.70. The standard InChI is InChI=1S/C19H20ClF3N2O3S/c20-18-7-6-16(10-17(18)19(21,22)23)29(26,27)24-11-15-13-25(8-9-28-15)12-14-4-2-1-3-5-14/h1-7,10,15,24H,8-9,11-13H2. The third kappa shape index (κ3) is 5.93. The minimum absolute atomic E-state index is 0.0440. The molecule has 1 atom stereocenters. The number of hydrogen-bond donors (Lipinski definition) is 1. The molecule has 158 valence electrons. The van der Waals surface area contributed by atoms with E-state index in [0.717, 1.165) is 17.7 Å². The van der Waals surface area contributed by atoms with Crippen LogP contribution in [0.4, 0.5) is 13.2 Å². The predicted molar refractivity (Wildman–Crippen MR) is 103 cm³/mol. The summed E-state index contributed by atoms with van der Waals surface area (Å²) in [5.74, 6) is 0. The summed E-state index contributed by atoms with van der Waals surface area (Å²) in [6, 6.07) is 12.3. The molecule has 1 aliphatic rings. The molecular weight excluding hydrogens is 429 g/mol. The van der Waals surface area contributed by atoms with Crippen LogP contribution in [-0.2, 0) is 27.5 Å². The third-order valence-corrected chi connectivity index (χ3v) is 6.28. The maximum atomic E-state index is 13.0. The van der Waals surface area contributed by atoms with Crippen LogP contribution in [0.5, 0.6) is 0 Å². The van der Waals surface area contributed by atoms with E-state index in [2.05, 4.69) is 9.62 Å². The maximum Gasteiger partial charge on any atom is 0.417 e. The van der Waals surface area contributed by atoms with Crippen LogP contribution in [0.25, 0.3) is 0 Å². The van der Waals surface area contributed by atoms with Gasteiger partial charge in [-0.3, -0.25) is 4.90 Å². The van der Waals surface area contributed by atoms with Gasteiger partial charge in [-0.05, 0) is 23.8 Å². The van der Waals surface area contributed by atoms with Gasteiger partial charge in [-0.2, -0.15) is 13.2 Å². The fourth-order valence-electron chi connectivity index (χ4n) is 3.06. The van der Waals surface area contributed by atoms with Crippen LogP contribution < -0.4 is 4.72 Å². The normalized spacial score (nSPS) is 18.7. The number of hydrogen-bond acceptors (Lipinski definition) is 4. The van der Waals surface area contributed by atoms with Crippen molar-refractivity contribution in [3.63, 3.8) is 0 Å². The monoisotopic (exact) mass is 448 g/mol. The van der Waals surface area contributed by atoms with Crippen molar-refractivity contribution in [3.05, 3.63) is 64.7 Å². The Labute approximate surface area is 172 Å². The molecule has 2 aromatic carbocycles. The molecule has 29 heavy (non-hydrogen) atoms. The first-order chi connectivity index (χ1) is 13.6. The van der Waals surface area contributed by atoms with Gasteiger partial charge in [0.05, 0.1) is 28.2 Å². The van der Waals surface area contributed by atoms with Crippen LogP contribution in [0.2, 0.25) is 5.02 Å². The van der Waals surface area contributed by atoms with E-state index in [1.165, 1.54) is 0 Å². The van der Waals surface area contributed by atoms with Gasteiger partial charge in [0, 0.05) is 26.2 Å². The number of nitrogens with one attached hydrogen (secondary N) is 1. The highest BCUT2D eigenvalue weighted by atomic mass is 35.5. The lowest BCUT2D eigenvalue weighted by molar-refractivity contribution is -0.137. The minimum atomic E-state index is -4.74. The topological polar surface area (TPSA) is 58.6 Å². The van der Waals surface area contributed by atoms with Crippen molar-refractivity contribution in [2.24, 2.45) is 0 Å². The first kappa shape index (κ1) is 22.0. The highest BCUT2D eigenvalue weighted by Crippen LogP contribution is 2.35. The molecular formula is C19H20ClF3N2O3S. The van der Waals surface area contributed by atoms with Crippen LogP contribution in [0.1, 0.15) is 11.1 Å². The van der Waals surface area contributed by atoms with Gasteiger partial charge in [-0.15, -0.1) is 0 Å². The fourth-order valence-corrected chi connectivity index (χ4v) is 4.38. The van der Waals surface area contributed by atoms with Crippen LogP contribution in [0.15, 0.2) is 53.4 Å². The Morgan fingerprint density at radius 1 is 1.17 bits per heavy atom. The van der Waals surface area contributed by atoms with Gasteiger partial charge in [0.25, 0.3) is 0 Å². The molecule has 2 aromatic rings. The summed E-state index contributed by atoms with van der Waals surface area (Å²) in [4.78, 5) is 1.65. The Kier molecular flexibility index (Phi) is 6.85. The number of morpholine rings is 1. The van der Waals surface area contributed by atoms with E-state index >= 15 is 0 Å². The van der Waals surface area contributed by atoms with Crippen molar-refractivity contribution in [2.75, 3.05) is 26.2 Å². The summed E-state index contributed by atoms with van der Waals surface area (Å²) in [6.45, 7) is 2.33. The van der Waals surface area contributed by atoms with E-state index in [1.54, 1.807) is 0 Å². The molecule has 5 nitrogen and oxygen atoms in total. The Morgan fingerprint density at radius 2 is 1.90 bits per heavy atom. The van der Waals surface area contributed by atoms with Crippen molar-refractivity contribution in [3.8, 4) is 0 Å². The largest absolute Gasteiger partial charge is 0.417 e. The average molecular weight is 449 g/mol. The minimum Gasteiger partial charge on any atom is -0.374 e. The van der Waals surface area contributed by atoms with Gasteiger partial charge in [-0.25, -0.2) is 13.1 Å². The van der Waals surface area contributed by atoms with Crippen LogP contribution in [0.3, 0.4) is 0 Å². The Bertz CT molecular complexity index is 939. The summed E-state index contributed by atoms with van der Waals surface area (Å²) < 4.78 is 71.8. The summed E-state index contributed by atoms with van der Waals surface area (Å²) in [6.07, 6.45) is -5.15. The lowest BCUT2D eigenvalue weighted by Gasteiger charge is -2.33. The maximum absolute atomic E-state index is 13.0. The van der Waals surface area contributed by atoms with Crippen molar-refractivity contribution in [1.82, 2.24) is 9.62 Å². The zero-order valence-corrected chi connectivity index (χ0v) is 16.9. The van der Waals surface area contributed by atoms with Gasteiger partial charge < -0.3 is 4.74 Å². The molecule has 10 heteroatoms. The molecule has 0 spiro atoms. The lowest BCUT2D eigenvalue weighted by Crippen LogP contribution is -2.47. The number of halogens is 4. The number of benzene rings is 2. The van der Waals surface area contributed by atoms with Crippen molar-refractivity contribution in [2.45, 2.75) is 23.7 Å². The predicted octanol–water partition coefficient (Wildman–Crippen LogP) is 3.54. The molecule has 0 radical (unpaired) electrons. The molecule has 1 unspecified atom stereocenters. The number of alkyl halides is 3. The van der Waals surface area contributed by atoms with Crippen LogP contribution in [-0.4, -0.2) is 45.7 Å². The fraction of sp³-hybridized carbons (Fsp3) is 0.368. The van der Waals surface area contributed by atoms with E-state index in [-0.39, 0.29) is 6.54 Å². The molecule has 0 bridgehead atoms. The molecule has 0 aromatic heterocycles. The van der Waals surface area contributed by atoms with E-state index in [9.17, 15) is 21.6 Å². The molecule has 1 fully saturated rings. The Morgan fingerprint density at radius 3 is 2.59 bits per heavy atom. The molecule has 3 rings (SSSR count).